The molecule has 3 rings (SSSR count). The first-order valence-electron chi connectivity index (χ1n) is 8.49. The number of fused-ring (bicyclic) bond motifs is 1. The molecule has 1 amide bonds. The maximum Gasteiger partial charge on any atom is 0.261 e. The molecular weight excluding hydrogens is 320 g/mol. The minimum absolute atomic E-state index is 0.0788. The summed E-state index contributed by atoms with van der Waals surface area (Å²) in [7, 11) is 0. The number of nitrogens with one attached hydrogen (secondary N) is 1. The second-order valence-electron chi connectivity index (χ2n) is 6.25. The van der Waals surface area contributed by atoms with Gasteiger partial charge in [0.1, 0.15) is 0 Å². The Balaban J connectivity index is 1.48. The van der Waals surface area contributed by atoms with Crippen LogP contribution in [-0.2, 0) is 19.4 Å². The van der Waals surface area contributed by atoms with E-state index in [0.29, 0.717) is 6.54 Å². The number of benzene rings is 1. The van der Waals surface area contributed by atoms with Gasteiger partial charge in [0.2, 0.25) is 0 Å². The van der Waals surface area contributed by atoms with E-state index in [1.54, 1.807) is 0 Å². The van der Waals surface area contributed by atoms with Crippen LogP contribution in [0.4, 0.5) is 0 Å². The van der Waals surface area contributed by atoms with Gasteiger partial charge in [-0.05, 0) is 41.0 Å². The van der Waals surface area contributed by atoms with Crippen molar-refractivity contribution in [2.45, 2.75) is 32.4 Å². The molecule has 2 N–H and O–H groups in total. The first-order chi connectivity index (χ1) is 11.7. The fourth-order valence-corrected chi connectivity index (χ4v) is 4.09. The lowest BCUT2D eigenvalue weighted by molar-refractivity contribution is 0.0844. The summed E-state index contributed by atoms with van der Waals surface area (Å²) in [5.74, 6) is -0.0788. The molecule has 0 aliphatic carbocycles. The van der Waals surface area contributed by atoms with Crippen LogP contribution in [0.3, 0.4) is 0 Å². The molecule has 128 valence electrons. The van der Waals surface area contributed by atoms with Gasteiger partial charge in [0.25, 0.3) is 5.91 Å². The summed E-state index contributed by atoms with van der Waals surface area (Å²) in [6.07, 6.45) is 1.32. The average Bonchev–Trinajstić information content (AvgIpc) is 3.08. The number of β-amino-alcohol motifs (C(OH)–C–C–N with tert-alkyl or cyclic N) is 1. The van der Waals surface area contributed by atoms with Gasteiger partial charge in [0.05, 0.1) is 11.0 Å². The van der Waals surface area contributed by atoms with E-state index < -0.39 is 6.10 Å². The van der Waals surface area contributed by atoms with Gasteiger partial charge in [-0.1, -0.05) is 31.2 Å². The van der Waals surface area contributed by atoms with Gasteiger partial charge in [-0.2, -0.15) is 0 Å². The normalized spacial score (nSPS) is 15.8. The van der Waals surface area contributed by atoms with Crippen molar-refractivity contribution in [3.05, 3.63) is 57.3 Å². The van der Waals surface area contributed by atoms with E-state index in [0.717, 1.165) is 36.4 Å². The van der Waals surface area contributed by atoms with Crippen LogP contribution in [-0.4, -0.2) is 41.7 Å². The Hall–Kier alpha value is -1.69. The molecule has 24 heavy (non-hydrogen) atoms. The summed E-state index contributed by atoms with van der Waals surface area (Å²) in [5, 5.41) is 15.1. The highest BCUT2D eigenvalue weighted by molar-refractivity contribution is 7.12. The predicted molar refractivity (Wildman–Crippen MR) is 97.5 cm³/mol. The summed E-state index contributed by atoms with van der Waals surface area (Å²) in [5.41, 5.74) is 3.81. The number of carbonyl (C=O) groups excluding carboxylic acids is 1. The lowest BCUT2D eigenvalue weighted by Gasteiger charge is -2.30. The van der Waals surface area contributed by atoms with Gasteiger partial charge in [-0.3, -0.25) is 9.69 Å². The summed E-state index contributed by atoms with van der Waals surface area (Å²) in [6, 6.07) is 10.5. The first-order valence-corrected chi connectivity index (χ1v) is 9.37. The van der Waals surface area contributed by atoms with Crippen molar-refractivity contribution in [3.63, 3.8) is 0 Å². The fraction of sp³-hybridized carbons (Fsp3) is 0.421. The van der Waals surface area contributed by atoms with Gasteiger partial charge < -0.3 is 10.4 Å². The van der Waals surface area contributed by atoms with Crippen molar-refractivity contribution < 1.29 is 9.90 Å². The Bertz CT molecular complexity index is 698. The SMILES string of the molecule is CCc1ccsc1C(=O)NCC(O)CN1CCc2ccccc2C1. The molecule has 0 spiro atoms. The molecule has 2 heterocycles. The molecule has 1 aliphatic rings. The van der Waals surface area contributed by atoms with Gasteiger partial charge >= 0.3 is 0 Å². The number of aliphatic hydroxyl groups excluding tert-OH is 1. The maximum atomic E-state index is 12.2. The summed E-state index contributed by atoms with van der Waals surface area (Å²) < 4.78 is 0. The second kappa shape index (κ2) is 7.92. The zero-order valence-corrected chi connectivity index (χ0v) is 14.8. The van der Waals surface area contributed by atoms with Gasteiger partial charge in [0, 0.05) is 26.2 Å². The molecule has 0 saturated heterocycles. The number of hydrogen-bond donors (Lipinski definition) is 2. The van der Waals surface area contributed by atoms with Crippen LogP contribution < -0.4 is 5.32 Å². The molecule has 1 unspecified atom stereocenters. The van der Waals surface area contributed by atoms with Crippen LogP contribution in [0.1, 0.15) is 33.3 Å². The van der Waals surface area contributed by atoms with E-state index in [4.69, 9.17) is 0 Å². The Kier molecular flexibility index (Phi) is 5.66. The number of nitrogens with zero attached hydrogens (tertiary/aromatic N) is 1. The molecule has 1 atom stereocenters. The van der Waals surface area contributed by atoms with E-state index in [9.17, 15) is 9.90 Å². The molecule has 4 nitrogen and oxygen atoms in total. The standard InChI is InChI=1S/C19H24N2O2S/c1-2-14-8-10-24-18(14)19(23)20-11-17(22)13-21-9-7-15-5-3-4-6-16(15)12-21/h3-6,8,10,17,22H,2,7,9,11-13H2,1H3,(H,20,23). The molecule has 2 aromatic rings. The first kappa shape index (κ1) is 17.1. The molecule has 0 fully saturated rings. The number of amides is 1. The van der Waals surface area contributed by atoms with Crippen LogP contribution in [0, 0.1) is 0 Å². The van der Waals surface area contributed by atoms with E-state index >= 15 is 0 Å². The Morgan fingerprint density at radius 3 is 2.92 bits per heavy atom. The van der Waals surface area contributed by atoms with Crippen LogP contribution in [0.5, 0.6) is 0 Å². The topological polar surface area (TPSA) is 52.6 Å². The molecule has 1 aromatic heterocycles. The molecule has 1 aliphatic heterocycles. The lowest BCUT2D eigenvalue weighted by Crippen LogP contribution is -2.42. The van der Waals surface area contributed by atoms with Crippen molar-refractivity contribution in [1.82, 2.24) is 10.2 Å². The maximum absolute atomic E-state index is 12.2. The van der Waals surface area contributed by atoms with Crippen molar-refractivity contribution in [1.29, 1.82) is 0 Å². The minimum atomic E-state index is -0.552. The van der Waals surface area contributed by atoms with E-state index in [1.165, 1.54) is 22.5 Å². The summed E-state index contributed by atoms with van der Waals surface area (Å²) >= 11 is 1.46. The van der Waals surface area contributed by atoms with Gasteiger partial charge in [-0.15, -0.1) is 11.3 Å². The smallest absolute Gasteiger partial charge is 0.261 e. The molecule has 0 bridgehead atoms. The van der Waals surface area contributed by atoms with E-state index in [-0.39, 0.29) is 12.5 Å². The fourth-order valence-electron chi connectivity index (χ4n) is 3.18. The Morgan fingerprint density at radius 2 is 2.12 bits per heavy atom. The van der Waals surface area contributed by atoms with Gasteiger partial charge in [0.15, 0.2) is 0 Å². The third-order valence-electron chi connectivity index (χ3n) is 4.51. The summed E-state index contributed by atoms with van der Waals surface area (Å²) in [4.78, 5) is 15.2. The van der Waals surface area contributed by atoms with Crippen molar-refractivity contribution in [2.75, 3.05) is 19.6 Å². The predicted octanol–water partition coefficient (Wildman–Crippen LogP) is 2.46. The molecule has 0 saturated carbocycles. The number of aryl methyl sites for hydroxylation is 1. The Labute approximate surface area is 147 Å². The summed E-state index contributed by atoms with van der Waals surface area (Å²) in [6.45, 7) is 4.73. The molecule has 0 radical (unpaired) electrons. The largest absolute Gasteiger partial charge is 0.390 e. The highest BCUT2D eigenvalue weighted by atomic mass is 32.1. The monoisotopic (exact) mass is 344 g/mol. The number of rotatable bonds is 6. The number of thiophene rings is 1. The number of aliphatic hydroxyl groups is 1. The van der Waals surface area contributed by atoms with Crippen molar-refractivity contribution in [3.8, 4) is 0 Å². The highest BCUT2D eigenvalue weighted by Crippen LogP contribution is 2.19. The van der Waals surface area contributed by atoms with Crippen molar-refractivity contribution >= 4 is 17.2 Å². The quantitative estimate of drug-likeness (QED) is 0.846. The minimum Gasteiger partial charge on any atom is -0.390 e. The van der Waals surface area contributed by atoms with Crippen LogP contribution in [0.25, 0.3) is 0 Å². The van der Waals surface area contributed by atoms with Gasteiger partial charge in [-0.25, -0.2) is 0 Å². The second-order valence-corrected chi connectivity index (χ2v) is 7.16. The number of carbonyl (C=O) groups is 1. The third-order valence-corrected chi connectivity index (χ3v) is 5.47. The Morgan fingerprint density at radius 1 is 1.33 bits per heavy atom. The zero-order valence-electron chi connectivity index (χ0n) is 14.0. The van der Waals surface area contributed by atoms with Crippen LogP contribution >= 0.6 is 11.3 Å². The molecule has 1 aromatic carbocycles. The number of hydrogen-bond acceptors (Lipinski definition) is 4. The van der Waals surface area contributed by atoms with Crippen LogP contribution in [0.2, 0.25) is 0 Å². The van der Waals surface area contributed by atoms with E-state index in [2.05, 4.69) is 34.5 Å². The zero-order chi connectivity index (χ0) is 16.9. The lowest BCUT2D eigenvalue weighted by atomic mass is 10.00. The molecule has 5 heteroatoms. The average molecular weight is 344 g/mol. The third kappa shape index (κ3) is 4.04. The highest BCUT2D eigenvalue weighted by Gasteiger charge is 2.19. The van der Waals surface area contributed by atoms with E-state index in [1.807, 2.05) is 18.4 Å². The van der Waals surface area contributed by atoms with Crippen LogP contribution in [0.15, 0.2) is 35.7 Å². The van der Waals surface area contributed by atoms with Crippen molar-refractivity contribution in [2.24, 2.45) is 0 Å². The molecular formula is C19H24N2O2S.